The number of nitrogens with zero attached hydrogens (tertiary/aromatic N) is 1. The van der Waals surface area contributed by atoms with Gasteiger partial charge in [-0.05, 0) is 24.1 Å². The van der Waals surface area contributed by atoms with Crippen molar-refractivity contribution in [3.05, 3.63) is 35.4 Å². The first-order valence-corrected chi connectivity index (χ1v) is 6.53. The molecule has 0 bridgehead atoms. The van der Waals surface area contributed by atoms with E-state index in [0.717, 1.165) is 18.2 Å². The summed E-state index contributed by atoms with van der Waals surface area (Å²) in [5.41, 5.74) is 6.18. The van der Waals surface area contributed by atoms with Crippen molar-refractivity contribution in [1.82, 2.24) is 4.90 Å². The Morgan fingerprint density at radius 3 is 2.45 bits per heavy atom. The minimum Gasteiger partial charge on any atom is -0.338 e. The highest BCUT2D eigenvalue weighted by Gasteiger charge is 2.32. The normalized spacial score (nSPS) is 21.9. The van der Waals surface area contributed by atoms with Gasteiger partial charge < -0.3 is 10.6 Å². The molecule has 1 unspecified atom stereocenters. The monoisotopic (exact) mass is 286 g/mol. The second kappa shape index (κ2) is 5.83. The number of hydrogen-bond acceptors (Lipinski definition) is 2. The fourth-order valence-corrected chi connectivity index (χ4v) is 2.39. The van der Waals surface area contributed by atoms with Gasteiger partial charge in [0, 0.05) is 18.5 Å². The average Bonchev–Trinajstić information content (AvgIpc) is 2.81. The fraction of sp³-hybridized carbons (Fsp3) is 0.500. The number of carbonyl (C=O) groups excluding carboxylic acids is 1. The number of carbonyl (C=O) groups is 1. The van der Waals surface area contributed by atoms with Crippen molar-refractivity contribution in [2.24, 2.45) is 5.73 Å². The highest BCUT2D eigenvalue weighted by atomic mass is 19.1. The van der Waals surface area contributed by atoms with Crippen LogP contribution in [-0.4, -0.2) is 36.1 Å². The third kappa shape index (κ3) is 3.12. The zero-order valence-corrected chi connectivity index (χ0v) is 11.2. The molecule has 2 rings (SSSR count). The molecule has 1 aromatic rings. The highest BCUT2D eigenvalue weighted by molar-refractivity contribution is 5.83. The van der Waals surface area contributed by atoms with Gasteiger partial charge in [0.15, 0.2) is 0 Å². The number of hydrogen-bond donors (Lipinski definition) is 1. The molecule has 0 saturated carbocycles. The van der Waals surface area contributed by atoms with Crippen LogP contribution in [0.1, 0.15) is 24.8 Å². The van der Waals surface area contributed by atoms with Crippen LogP contribution in [0.25, 0.3) is 0 Å². The molecule has 3 atom stereocenters. The van der Waals surface area contributed by atoms with Gasteiger partial charge in [-0.15, -0.1) is 0 Å². The van der Waals surface area contributed by atoms with Gasteiger partial charge in [0.2, 0.25) is 5.91 Å². The predicted molar refractivity (Wildman–Crippen MR) is 68.8 cm³/mol. The van der Waals surface area contributed by atoms with E-state index in [2.05, 4.69) is 0 Å². The van der Waals surface area contributed by atoms with E-state index in [4.69, 9.17) is 5.73 Å². The van der Waals surface area contributed by atoms with Crippen LogP contribution in [0, 0.1) is 11.6 Å². The van der Waals surface area contributed by atoms with Gasteiger partial charge >= 0.3 is 0 Å². The summed E-state index contributed by atoms with van der Waals surface area (Å²) >= 11 is 0. The summed E-state index contributed by atoms with van der Waals surface area (Å²) in [6.45, 7) is 1.99. The van der Waals surface area contributed by atoms with E-state index in [0.29, 0.717) is 18.5 Å². The summed E-state index contributed by atoms with van der Waals surface area (Å²) in [5, 5.41) is 0. The number of amides is 1. The van der Waals surface area contributed by atoms with Gasteiger partial charge in [-0.2, -0.15) is 0 Å². The molecule has 1 aromatic carbocycles. The smallest absolute Gasteiger partial charge is 0.240 e. The summed E-state index contributed by atoms with van der Waals surface area (Å²) < 4.78 is 39.5. The van der Waals surface area contributed by atoms with Crippen molar-refractivity contribution in [3.63, 3.8) is 0 Å². The molecule has 1 heterocycles. The molecule has 2 N–H and O–H groups in total. The van der Waals surface area contributed by atoms with Crippen LogP contribution in [0.4, 0.5) is 13.2 Å². The van der Waals surface area contributed by atoms with Gasteiger partial charge in [0.1, 0.15) is 17.8 Å². The fourth-order valence-electron chi connectivity index (χ4n) is 2.39. The summed E-state index contributed by atoms with van der Waals surface area (Å²) in [7, 11) is 0. The van der Waals surface area contributed by atoms with Crippen LogP contribution in [0.3, 0.4) is 0 Å². The Morgan fingerprint density at radius 1 is 1.35 bits per heavy atom. The van der Waals surface area contributed by atoms with Crippen LogP contribution < -0.4 is 5.73 Å². The van der Waals surface area contributed by atoms with E-state index < -0.39 is 29.8 Å². The van der Waals surface area contributed by atoms with Gasteiger partial charge in [-0.25, -0.2) is 13.2 Å². The van der Waals surface area contributed by atoms with Crippen molar-refractivity contribution in [1.29, 1.82) is 0 Å². The molecule has 20 heavy (non-hydrogen) atoms. The van der Waals surface area contributed by atoms with Crippen LogP contribution in [-0.2, 0) is 4.79 Å². The second-order valence-electron chi connectivity index (χ2n) is 5.19. The maximum absolute atomic E-state index is 13.2. The molecule has 0 aliphatic carbocycles. The maximum Gasteiger partial charge on any atom is 0.240 e. The van der Waals surface area contributed by atoms with E-state index in [9.17, 15) is 18.0 Å². The van der Waals surface area contributed by atoms with Crippen molar-refractivity contribution >= 4 is 5.91 Å². The van der Waals surface area contributed by atoms with Crippen LogP contribution in [0.5, 0.6) is 0 Å². The van der Waals surface area contributed by atoms with Crippen molar-refractivity contribution in [2.45, 2.75) is 31.5 Å². The molecule has 1 aliphatic rings. The quantitative estimate of drug-likeness (QED) is 0.923. The topological polar surface area (TPSA) is 46.3 Å². The molecule has 1 amide bonds. The lowest BCUT2D eigenvalue weighted by atomic mass is 9.93. The minimum atomic E-state index is -1.02. The Kier molecular flexibility index (Phi) is 4.32. The molecule has 0 spiro atoms. The first kappa shape index (κ1) is 14.8. The third-order valence-corrected chi connectivity index (χ3v) is 3.68. The standard InChI is InChI=1S/C14H17F3N2O/c1-8(9-4-11(16)6-12(17)5-9)13(18)14(20)19-3-2-10(15)7-19/h4-6,8,10,13H,2-3,7,18H2,1H3/t8-,10-,13?/m0/s1. The molecule has 3 nitrogen and oxygen atoms in total. The lowest BCUT2D eigenvalue weighted by molar-refractivity contribution is -0.132. The molecular weight excluding hydrogens is 269 g/mol. The Labute approximate surface area is 115 Å². The van der Waals surface area contributed by atoms with E-state index >= 15 is 0 Å². The number of likely N-dealkylation sites (tertiary alicyclic amines) is 1. The minimum absolute atomic E-state index is 0.0385. The molecule has 1 saturated heterocycles. The van der Waals surface area contributed by atoms with E-state index in [-0.39, 0.29) is 12.5 Å². The Bertz CT molecular complexity index is 489. The lowest BCUT2D eigenvalue weighted by Crippen LogP contribution is -2.45. The Hall–Kier alpha value is -1.56. The van der Waals surface area contributed by atoms with Crippen molar-refractivity contribution in [3.8, 4) is 0 Å². The van der Waals surface area contributed by atoms with Crippen molar-refractivity contribution in [2.75, 3.05) is 13.1 Å². The number of rotatable bonds is 3. The Morgan fingerprint density at radius 2 is 1.95 bits per heavy atom. The average molecular weight is 286 g/mol. The SMILES string of the molecule is C[C@@H](c1cc(F)cc(F)c1)C(N)C(=O)N1CC[C@H](F)C1. The first-order chi connectivity index (χ1) is 9.38. The molecule has 110 valence electrons. The predicted octanol–water partition coefficient (Wildman–Crippen LogP) is 1.97. The molecule has 1 aliphatic heterocycles. The number of halogens is 3. The largest absolute Gasteiger partial charge is 0.338 e. The number of benzene rings is 1. The summed E-state index contributed by atoms with van der Waals surface area (Å²) in [4.78, 5) is 13.5. The highest BCUT2D eigenvalue weighted by Crippen LogP contribution is 2.23. The number of alkyl halides is 1. The van der Waals surface area contributed by atoms with E-state index in [1.165, 1.54) is 4.90 Å². The molecule has 1 fully saturated rings. The summed E-state index contributed by atoms with van der Waals surface area (Å²) in [5.74, 6) is -2.36. The van der Waals surface area contributed by atoms with Gasteiger partial charge in [0.25, 0.3) is 0 Å². The second-order valence-corrected chi connectivity index (χ2v) is 5.19. The summed E-state index contributed by atoms with van der Waals surface area (Å²) in [6, 6.07) is 2.13. The zero-order valence-electron chi connectivity index (χ0n) is 11.2. The van der Waals surface area contributed by atoms with Gasteiger partial charge in [0.05, 0.1) is 12.6 Å². The van der Waals surface area contributed by atoms with Gasteiger partial charge in [-0.3, -0.25) is 4.79 Å². The summed E-state index contributed by atoms with van der Waals surface area (Å²) in [6.07, 6.45) is -0.713. The van der Waals surface area contributed by atoms with Crippen molar-refractivity contribution < 1.29 is 18.0 Å². The van der Waals surface area contributed by atoms with Crippen LogP contribution in [0.15, 0.2) is 18.2 Å². The molecule has 6 heteroatoms. The Balaban J connectivity index is 2.11. The third-order valence-electron chi connectivity index (χ3n) is 3.68. The first-order valence-electron chi connectivity index (χ1n) is 6.53. The molecular formula is C14H17F3N2O. The van der Waals surface area contributed by atoms with Gasteiger partial charge in [-0.1, -0.05) is 6.92 Å². The maximum atomic E-state index is 13.2. The molecule has 0 aromatic heterocycles. The van der Waals surface area contributed by atoms with E-state index in [1.807, 2.05) is 0 Å². The number of nitrogens with two attached hydrogens (primary N) is 1. The van der Waals surface area contributed by atoms with Crippen LogP contribution in [0.2, 0.25) is 0 Å². The molecule has 0 radical (unpaired) electrons. The zero-order chi connectivity index (χ0) is 14.9. The van der Waals surface area contributed by atoms with Crippen LogP contribution >= 0.6 is 0 Å². The lowest BCUT2D eigenvalue weighted by Gasteiger charge is -2.25. The van der Waals surface area contributed by atoms with E-state index in [1.54, 1.807) is 6.92 Å².